The van der Waals surface area contributed by atoms with Gasteiger partial charge in [0.15, 0.2) is 0 Å². The molecule has 3 aromatic rings. The van der Waals surface area contributed by atoms with Crippen molar-refractivity contribution in [2.75, 3.05) is 18.0 Å². The lowest BCUT2D eigenvalue weighted by molar-refractivity contribution is -0.122. The van der Waals surface area contributed by atoms with Gasteiger partial charge >= 0.3 is 0 Å². The molecule has 1 aliphatic heterocycles. The Hall–Kier alpha value is -3.14. The van der Waals surface area contributed by atoms with Crippen molar-refractivity contribution in [3.63, 3.8) is 0 Å². The summed E-state index contributed by atoms with van der Waals surface area (Å²) in [6.07, 6.45) is 5.18. The first kappa shape index (κ1) is 24.0. The molecule has 0 saturated carbocycles. The van der Waals surface area contributed by atoms with E-state index in [2.05, 4.69) is 27.4 Å². The molecule has 4 rings (SSSR count). The number of rotatable bonds is 8. The topological polar surface area (TPSA) is 65.2 Å². The number of carbonyl (C=O) groups is 1. The molecule has 2 heterocycles. The van der Waals surface area contributed by atoms with Crippen LogP contribution in [0.15, 0.2) is 54.7 Å². The van der Waals surface area contributed by atoms with E-state index in [1.165, 1.54) is 0 Å². The SMILES string of the molecule is CCCCC1CN(c2cccc(Cl)c2)C(=O)CN1Cc1cnc(C)n1Cc1ccc(C#N)cc1. The van der Waals surface area contributed by atoms with Crippen LogP contribution in [-0.2, 0) is 17.9 Å². The molecule has 0 radical (unpaired) electrons. The van der Waals surface area contributed by atoms with Gasteiger partial charge in [0, 0.05) is 42.6 Å². The predicted molar refractivity (Wildman–Crippen MR) is 135 cm³/mol. The third kappa shape index (κ3) is 5.49. The van der Waals surface area contributed by atoms with Gasteiger partial charge in [0.25, 0.3) is 0 Å². The Kier molecular flexibility index (Phi) is 7.66. The Bertz CT molecular complexity index is 1180. The number of hydrogen-bond acceptors (Lipinski definition) is 4. The third-order valence-corrected chi connectivity index (χ3v) is 6.72. The number of nitriles is 1. The summed E-state index contributed by atoms with van der Waals surface area (Å²) in [5.41, 5.74) is 3.72. The minimum absolute atomic E-state index is 0.0879. The van der Waals surface area contributed by atoms with Crippen molar-refractivity contribution in [2.24, 2.45) is 0 Å². The number of hydrogen-bond donors (Lipinski definition) is 0. The van der Waals surface area contributed by atoms with Gasteiger partial charge in [-0.05, 0) is 49.2 Å². The van der Waals surface area contributed by atoms with Gasteiger partial charge in [-0.25, -0.2) is 4.98 Å². The summed E-state index contributed by atoms with van der Waals surface area (Å²) in [7, 11) is 0. The van der Waals surface area contributed by atoms with Gasteiger partial charge in [0.1, 0.15) is 5.82 Å². The van der Waals surface area contributed by atoms with E-state index in [1.54, 1.807) is 0 Å². The lowest BCUT2D eigenvalue weighted by Crippen LogP contribution is -2.56. The number of nitrogens with zero attached hydrogens (tertiary/aromatic N) is 5. The molecule has 0 bridgehead atoms. The molecular weight excluding hydrogens is 446 g/mol. The molecule has 1 atom stereocenters. The number of halogens is 1. The van der Waals surface area contributed by atoms with E-state index >= 15 is 0 Å². The molecule has 6 nitrogen and oxygen atoms in total. The van der Waals surface area contributed by atoms with E-state index in [0.717, 1.165) is 42.0 Å². The van der Waals surface area contributed by atoms with Crippen molar-refractivity contribution in [1.82, 2.24) is 14.5 Å². The highest BCUT2D eigenvalue weighted by Crippen LogP contribution is 2.26. The summed E-state index contributed by atoms with van der Waals surface area (Å²) in [6.45, 7) is 6.57. The van der Waals surface area contributed by atoms with Gasteiger partial charge in [-0.1, -0.05) is 49.6 Å². The second kappa shape index (κ2) is 10.9. The Labute approximate surface area is 206 Å². The number of amides is 1. The monoisotopic (exact) mass is 475 g/mol. The molecule has 1 unspecified atom stereocenters. The number of anilines is 1. The molecule has 0 aliphatic carbocycles. The largest absolute Gasteiger partial charge is 0.327 e. The number of aryl methyl sites for hydroxylation is 1. The molecule has 2 aromatic carbocycles. The van der Waals surface area contributed by atoms with Crippen LogP contribution in [0.3, 0.4) is 0 Å². The van der Waals surface area contributed by atoms with Crippen LogP contribution in [0.5, 0.6) is 0 Å². The molecule has 1 amide bonds. The molecule has 176 valence electrons. The molecule has 1 aliphatic rings. The summed E-state index contributed by atoms with van der Waals surface area (Å²) in [5, 5.41) is 9.70. The molecule has 1 saturated heterocycles. The minimum atomic E-state index is 0.0879. The fourth-order valence-electron chi connectivity index (χ4n) is 4.54. The fraction of sp³-hybridized carbons (Fsp3) is 0.370. The number of aromatic nitrogens is 2. The first-order valence-corrected chi connectivity index (χ1v) is 12.2. The second-order valence-corrected chi connectivity index (χ2v) is 9.31. The van der Waals surface area contributed by atoms with Crippen molar-refractivity contribution in [1.29, 1.82) is 5.26 Å². The highest BCUT2D eigenvalue weighted by molar-refractivity contribution is 6.30. The van der Waals surface area contributed by atoms with Crippen LogP contribution < -0.4 is 4.90 Å². The van der Waals surface area contributed by atoms with Gasteiger partial charge in [-0.3, -0.25) is 9.69 Å². The van der Waals surface area contributed by atoms with Crippen LogP contribution >= 0.6 is 11.6 Å². The van der Waals surface area contributed by atoms with Crippen molar-refractivity contribution in [3.8, 4) is 6.07 Å². The van der Waals surface area contributed by atoms with Crippen molar-refractivity contribution >= 4 is 23.2 Å². The average Bonchev–Trinajstić information content (AvgIpc) is 3.17. The molecule has 1 fully saturated rings. The van der Waals surface area contributed by atoms with Gasteiger partial charge in [0.05, 0.1) is 23.9 Å². The number of unbranched alkanes of at least 4 members (excludes halogenated alkanes) is 1. The van der Waals surface area contributed by atoms with Crippen LogP contribution in [0.2, 0.25) is 5.02 Å². The van der Waals surface area contributed by atoms with Gasteiger partial charge in [-0.2, -0.15) is 5.26 Å². The summed E-state index contributed by atoms with van der Waals surface area (Å²) in [5.74, 6) is 1.03. The number of benzene rings is 2. The van der Waals surface area contributed by atoms with Crippen LogP contribution in [-0.4, -0.2) is 39.5 Å². The summed E-state index contributed by atoms with van der Waals surface area (Å²) >= 11 is 6.20. The normalized spacial score (nSPS) is 16.6. The summed E-state index contributed by atoms with van der Waals surface area (Å²) in [6, 6.07) is 17.6. The van der Waals surface area contributed by atoms with Gasteiger partial charge in [0.2, 0.25) is 5.91 Å². The summed E-state index contributed by atoms with van der Waals surface area (Å²) < 4.78 is 2.20. The first-order valence-electron chi connectivity index (χ1n) is 11.8. The van der Waals surface area contributed by atoms with Crippen LogP contribution in [0.1, 0.15) is 48.8 Å². The molecule has 1 aromatic heterocycles. The zero-order valence-electron chi connectivity index (χ0n) is 19.7. The van der Waals surface area contributed by atoms with E-state index in [1.807, 2.05) is 66.6 Å². The van der Waals surface area contributed by atoms with E-state index < -0.39 is 0 Å². The van der Waals surface area contributed by atoms with Crippen LogP contribution in [0.4, 0.5) is 5.69 Å². The Morgan fingerprint density at radius 3 is 2.68 bits per heavy atom. The van der Waals surface area contributed by atoms with Crippen molar-refractivity contribution < 1.29 is 4.79 Å². The maximum absolute atomic E-state index is 13.2. The summed E-state index contributed by atoms with van der Waals surface area (Å²) in [4.78, 5) is 21.9. The molecule has 34 heavy (non-hydrogen) atoms. The maximum Gasteiger partial charge on any atom is 0.241 e. The maximum atomic E-state index is 13.2. The van der Waals surface area contributed by atoms with Crippen molar-refractivity contribution in [3.05, 3.63) is 82.4 Å². The van der Waals surface area contributed by atoms with Crippen LogP contribution in [0, 0.1) is 18.3 Å². The lowest BCUT2D eigenvalue weighted by atomic mass is 10.0. The number of imidazole rings is 1. The molecular formula is C27H30ClN5O. The standard InChI is InChI=1S/C27H30ClN5O/c1-3-4-7-25-18-33(24-8-5-6-23(28)13-24)27(34)19-31(25)17-26-15-30-20(2)32(26)16-22-11-9-21(14-29)10-12-22/h5-6,8-13,15,25H,3-4,7,16-19H2,1-2H3. The Morgan fingerprint density at radius 2 is 1.97 bits per heavy atom. The number of carbonyl (C=O) groups excluding carboxylic acids is 1. The first-order chi connectivity index (χ1) is 16.5. The Balaban J connectivity index is 1.54. The van der Waals surface area contributed by atoms with Crippen molar-refractivity contribution in [2.45, 2.75) is 52.2 Å². The van der Waals surface area contributed by atoms with Gasteiger partial charge in [-0.15, -0.1) is 0 Å². The quantitative estimate of drug-likeness (QED) is 0.450. The molecule has 0 N–H and O–H groups in total. The predicted octanol–water partition coefficient (Wildman–Crippen LogP) is 5.17. The van der Waals surface area contributed by atoms with Gasteiger partial charge < -0.3 is 9.47 Å². The highest BCUT2D eigenvalue weighted by atomic mass is 35.5. The number of piperazine rings is 1. The fourth-order valence-corrected chi connectivity index (χ4v) is 4.73. The minimum Gasteiger partial charge on any atom is -0.327 e. The van der Waals surface area contributed by atoms with E-state index in [9.17, 15) is 4.79 Å². The smallest absolute Gasteiger partial charge is 0.241 e. The zero-order chi connectivity index (χ0) is 24.1. The average molecular weight is 476 g/mol. The molecule has 0 spiro atoms. The zero-order valence-corrected chi connectivity index (χ0v) is 20.5. The van der Waals surface area contributed by atoms with E-state index in [4.69, 9.17) is 16.9 Å². The third-order valence-electron chi connectivity index (χ3n) is 6.49. The highest BCUT2D eigenvalue weighted by Gasteiger charge is 2.33. The molecule has 7 heteroatoms. The van der Waals surface area contributed by atoms with E-state index in [0.29, 0.717) is 36.8 Å². The second-order valence-electron chi connectivity index (χ2n) is 8.88. The van der Waals surface area contributed by atoms with Crippen LogP contribution in [0.25, 0.3) is 0 Å². The van der Waals surface area contributed by atoms with E-state index in [-0.39, 0.29) is 11.9 Å². The Morgan fingerprint density at radius 1 is 1.18 bits per heavy atom. The lowest BCUT2D eigenvalue weighted by Gasteiger charge is -2.41.